The third-order valence-electron chi connectivity index (χ3n) is 3.54. The third kappa shape index (κ3) is 2.99. The lowest BCUT2D eigenvalue weighted by Gasteiger charge is -2.29. The molecule has 2 rings (SSSR count). The van der Waals surface area contributed by atoms with Gasteiger partial charge in [0.1, 0.15) is 17.4 Å². The highest BCUT2D eigenvalue weighted by atomic mass is 19.1. The molecule has 1 heterocycles. The van der Waals surface area contributed by atoms with E-state index in [4.69, 9.17) is 5.26 Å². The zero-order valence-electron chi connectivity index (χ0n) is 10.6. The summed E-state index contributed by atoms with van der Waals surface area (Å²) < 4.78 is 13.4. The highest BCUT2D eigenvalue weighted by molar-refractivity contribution is 5.57. The summed E-state index contributed by atoms with van der Waals surface area (Å²) in [5.74, 6) is 0.155. The molecule has 1 N–H and O–H groups in total. The Morgan fingerprint density at radius 2 is 2.17 bits per heavy atom. The fraction of sp³-hybridized carbons (Fsp3) is 0.500. The van der Waals surface area contributed by atoms with Crippen LogP contribution in [0.5, 0.6) is 0 Å². The van der Waals surface area contributed by atoms with E-state index >= 15 is 0 Å². The Kier molecular flexibility index (Phi) is 4.16. The van der Waals surface area contributed by atoms with E-state index in [9.17, 15) is 4.39 Å². The molecule has 0 atom stereocenters. The van der Waals surface area contributed by atoms with Crippen LogP contribution in [0.25, 0.3) is 0 Å². The molecule has 18 heavy (non-hydrogen) atoms. The second-order valence-corrected chi connectivity index (χ2v) is 4.90. The van der Waals surface area contributed by atoms with Gasteiger partial charge in [0.05, 0.1) is 5.69 Å². The lowest BCUT2D eigenvalue weighted by molar-refractivity contribution is 0.226. The first kappa shape index (κ1) is 12.8. The van der Waals surface area contributed by atoms with Gasteiger partial charge in [-0.3, -0.25) is 0 Å². The van der Waals surface area contributed by atoms with E-state index in [0.717, 1.165) is 32.5 Å². The van der Waals surface area contributed by atoms with Gasteiger partial charge in [0, 0.05) is 6.54 Å². The van der Waals surface area contributed by atoms with Gasteiger partial charge in [-0.1, -0.05) is 6.07 Å². The van der Waals surface area contributed by atoms with Crippen molar-refractivity contribution >= 4 is 5.69 Å². The van der Waals surface area contributed by atoms with E-state index in [1.165, 1.54) is 6.07 Å². The van der Waals surface area contributed by atoms with Crippen LogP contribution in [0.15, 0.2) is 18.2 Å². The van der Waals surface area contributed by atoms with Gasteiger partial charge >= 0.3 is 0 Å². The zero-order chi connectivity index (χ0) is 13.0. The van der Waals surface area contributed by atoms with Gasteiger partial charge < -0.3 is 10.2 Å². The van der Waals surface area contributed by atoms with Crippen LogP contribution in [0.3, 0.4) is 0 Å². The van der Waals surface area contributed by atoms with Crippen LogP contribution in [0, 0.1) is 23.1 Å². The molecule has 1 aliphatic heterocycles. The average molecular weight is 247 g/mol. The molecule has 1 aromatic rings. The first-order valence-electron chi connectivity index (χ1n) is 6.31. The maximum atomic E-state index is 13.4. The summed E-state index contributed by atoms with van der Waals surface area (Å²) in [6.45, 7) is 3.03. The predicted molar refractivity (Wildman–Crippen MR) is 69.8 cm³/mol. The summed E-state index contributed by atoms with van der Waals surface area (Å²) in [4.78, 5) is 2.32. The Balaban J connectivity index is 1.95. The molecule has 1 aromatic carbocycles. The molecule has 0 aromatic heterocycles. The van der Waals surface area contributed by atoms with Crippen molar-refractivity contribution in [3.05, 3.63) is 29.6 Å². The van der Waals surface area contributed by atoms with Crippen molar-refractivity contribution in [2.24, 2.45) is 5.92 Å². The molecule has 1 saturated heterocycles. The molecule has 0 radical (unpaired) electrons. The van der Waals surface area contributed by atoms with Crippen molar-refractivity contribution in [3.8, 4) is 6.07 Å². The number of hydrogen-bond donors (Lipinski definition) is 1. The fourth-order valence-electron chi connectivity index (χ4n) is 2.31. The minimum Gasteiger partial charge on any atom is -0.384 e. The largest absolute Gasteiger partial charge is 0.384 e. The second-order valence-electron chi connectivity index (χ2n) is 4.90. The SMILES string of the molecule is CN1CCC(CNc2cccc(F)c2C#N)CC1. The van der Waals surface area contributed by atoms with E-state index in [1.807, 2.05) is 6.07 Å². The molecular weight excluding hydrogens is 229 g/mol. The van der Waals surface area contributed by atoms with Gasteiger partial charge in [0.2, 0.25) is 0 Å². The molecule has 0 spiro atoms. The normalized spacial score (nSPS) is 17.4. The third-order valence-corrected chi connectivity index (χ3v) is 3.54. The smallest absolute Gasteiger partial charge is 0.143 e. The lowest BCUT2D eigenvalue weighted by atomic mass is 9.97. The van der Waals surface area contributed by atoms with Crippen LogP contribution in [0.4, 0.5) is 10.1 Å². The molecule has 96 valence electrons. The number of piperidine rings is 1. The van der Waals surface area contributed by atoms with Crippen LogP contribution in [0.2, 0.25) is 0 Å². The van der Waals surface area contributed by atoms with Crippen molar-refractivity contribution in [1.82, 2.24) is 4.90 Å². The lowest BCUT2D eigenvalue weighted by Crippen LogP contribution is -2.33. The predicted octanol–water partition coefficient (Wildman–Crippen LogP) is 2.45. The van der Waals surface area contributed by atoms with Crippen molar-refractivity contribution < 1.29 is 4.39 Å². The molecule has 0 amide bonds. The highest BCUT2D eigenvalue weighted by Crippen LogP contribution is 2.21. The molecule has 0 bridgehead atoms. The molecule has 1 aliphatic rings. The topological polar surface area (TPSA) is 39.1 Å². The Hall–Kier alpha value is -1.60. The Labute approximate surface area is 107 Å². The number of benzene rings is 1. The van der Waals surface area contributed by atoms with E-state index < -0.39 is 5.82 Å². The van der Waals surface area contributed by atoms with E-state index in [2.05, 4.69) is 17.3 Å². The number of halogens is 1. The summed E-state index contributed by atoms with van der Waals surface area (Å²) >= 11 is 0. The van der Waals surface area contributed by atoms with Crippen molar-refractivity contribution in [2.75, 3.05) is 32.0 Å². The number of rotatable bonds is 3. The van der Waals surface area contributed by atoms with Crippen molar-refractivity contribution in [3.63, 3.8) is 0 Å². The number of nitrogens with one attached hydrogen (secondary N) is 1. The number of anilines is 1. The quantitative estimate of drug-likeness (QED) is 0.891. The summed E-state index contributed by atoms with van der Waals surface area (Å²) in [7, 11) is 2.13. The molecule has 0 unspecified atom stereocenters. The van der Waals surface area contributed by atoms with Gasteiger partial charge in [0.25, 0.3) is 0 Å². The maximum absolute atomic E-state index is 13.4. The maximum Gasteiger partial charge on any atom is 0.143 e. The summed E-state index contributed by atoms with van der Waals surface area (Å²) in [6, 6.07) is 6.62. The second kappa shape index (κ2) is 5.83. The van der Waals surface area contributed by atoms with Crippen LogP contribution < -0.4 is 5.32 Å². The van der Waals surface area contributed by atoms with Gasteiger partial charge in [0.15, 0.2) is 0 Å². The van der Waals surface area contributed by atoms with Crippen LogP contribution >= 0.6 is 0 Å². The van der Waals surface area contributed by atoms with E-state index in [0.29, 0.717) is 11.6 Å². The number of nitrogens with zero attached hydrogens (tertiary/aromatic N) is 2. The summed E-state index contributed by atoms with van der Waals surface area (Å²) in [6.07, 6.45) is 2.31. The summed E-state index contributed by atoms with van der Waals surface area (Å²) in [5.41, 5.74) is 0.724. The standard InChI is InChI=1S/C14H18FN3/c1-18-7-5-11(6-8-18)10-17-14-4-2-3-13(15)12(14)9-16/h2-4,11,17H,5-8,10H2,1H3. The molecule has 0 aliphatic carbocycles. The molecular formula is C14H18FN3. The van der Waals surface area contributed by atoms with Crippen LogP contribution in [-0.2, 0) is 0 Å². The van der Waals surface area contributed by atoms with Crippen LogP contribution in [0.1, 0.15) is 18.4 Å². The Morgan fingerprint density at radius 3 is 2.83 bits per heavy atom. The zero-order valence-corrected chi connectivity index (χ0v) is 10.6. The van der Waals surface area contributed by atoms with Crippen molar-refractivity contribution in [1.29, 1.82) is 5.26 Å². The number of hydrogen-bond acceptors (Lipinski definition) is 3. The monoisotopic (exact) mass is 247 g/mol. The Morgan fingerprint density at radius 1 is 1.44 bits per heavy atom. The van der Waals surface area contributed by atoms with E-state index in [1.54, 1.807) is 12.1 Å². The molecule has 1 fully saturated rings. The fourth-order valence-corrected chi connectivity index (χ4v) is 2.31. The minimum atomic E-state index is -0.453. The van der Waals surface area contributed by atoms with Gasteiger partial charge in [-0.2, -0.15) is 5.26 Å². The average Bonchev–Trinajstić information content (AvgIpc) is 2.38. The van der Waals surface area contributed by atoms with Crippen LogP contribution in [-0.4, -0.2) is 31.6 Å². The first-order chi connectivity index (χ1) is 8.70. The number of likely N-dealkylation sites (tertiary alicyclic amines) is 1. The van der Waals surface area contributed by atoms with E-state index in [-0.39, 0.29) is 5.56 Å². The molecule has 0 saturated carbocycles. The van der Waals surface area contributed by atoms with Crippen molar-refractivity contribution in [2.45, 2.75) is 12.8 Å². The van der Waals surface area contributed by atoms with Gasteiger partial charge in [-0.15, -0.1) is 0 Å². The first-order valence-corrected chi connectivity index (χ1v) is 6.31. The minimum absolute atomic E-state index is 0.116. The Bertz CT molecular complexity index is 445. The molecule has 4 heteroatoms. The summed E-state index contributed by atoms with van der Waals surface area (Å²) in [5, 5.41) is 12.1. The highest BCUT2D eigenvalue weighted by Gasteiger charge is 2.17. The number of nitriles is 1. The van der Waals surface area contributed by atoms with Gasteiger partial charge in [-0.05, 0) is 51.0 Å². The van der Waals surface area contributed by atoms with Gasteiger partial charge in [-0.25, -0.2) is 4.39 Å². The molecule has 3 nitrogen and oxygen atoms in total.